The smallest absolute Gasteiger partial charge is 0.410 e. The number of hydrogen-bond acceptors (Lipinski definition) is 4. The minimum atomic E-state index is -0.500. The Balaban J connectivity index is 1.97. The normalized spacial score (nSPS) is 23.9. The third kappa shape index (κ3) is 2.18. The monoisotopic (exact) mass is 225 g/mol. The van der Waals surface area contributed by atoms with Gasteiger partial charge in [-0.3, -0.25) is 4.90 Å². The third-order valence-corrected chi connectivity index (χ3v) is 2.39. The number of carbonyl (C=O) groups excluding carboxylic acids is 2. The van der Waals surface area contributed by atoms with Gasteiger partial charge in [-0.2, -0.15) is 0 Å². The van der Waals surface area contributed by atoms with Gasteiger partial charge in [0.2, 0.25) is 0 Å². The van der Waals surface area contributed by atoms with Gasteiger partial charge in [0.25, 0.3) is 0 Å². The van der Waals surface area contributed by atoms with Crippen molar-refractivity contribution in [1.82, 2.24) is 4.90 Å². The Morgan fingerprint density at radius 2 is 2.25 bits per heavy atom. The van der Waals surface area contributed by atoms with Crippen LogP contribution in [0.1, 0.15) is 20.8 Å². The van der Waals surface area contributed by atoms with Gasteiger partial charge < -0.3 is 9.47 Å². The molecular weight excluding hydrogens is 210 g/mol. The Bertz CT molecular complexity index is 367. The van der Waals surface area contributed by atoms with Crippen molar-refractivity contribution in [3.8, 4) is 0 Å². The van der Waals surface area contributed by atoms with Crippen molar-refractivity contribution < 1.29 is 19.1 Å². The van der Waals surface area contributed by atoms with Crippen molar-refractivity contribution in [2.75, 3.05) is 13.1 Å². The number of esters is 1. The zero-order valence-corrected chi connectivity index (χ0v) is 9.65. The van der Waals surface area contributed by atoms with E-state index in [2.05, 4.69) is 0 Å². The molecule has 0 N–H and O–H groups in total. The van der Waals surface area contributed by atoms with Gasteiger partial charge in [-0.1, -0.05) is 0 Å². The van der Waals surface area contributed by atoms with Gasteiger partial charge in [-0.15, -0.1) is 0 Å². The van der Waals surface area contributed by atoms with E-state index in [0.29, 0.717) is 13.1 Å². The van der Waals surface area contributed by atoms with E-state index in [1.165, 1.54) is 6.08 Å². The Labute approximate surface area is 94.0 Å². The minimum absolute atomic E-state index is 0.264. The van der Waals surface area contributed by atoms with Crippen LogP contribution in [0.5, 0.6) is 0 Å². The molecule has 0 aliphatic carbocycles. The van der Waals surface area contributed by atoms with Crippen LogP contribution in [-0.4, -0.2) is 41.8 Å². The zero-order valence-electron chi connectivity index (χ0n) is 9.65. The van der Waals surface area contributed by atoms with Gasteiger partial charge in [-0.25, -0.2) is 9.59 Å². The first-order valence-corrected chi connectivity index (χ1v) is 5.24. The number of nitrogens with zero attached hydrogens (tertiary/aromatic N) is 1. The molecule has 0 radical (unpaired) electrons. The Hall–Kier alpha value is -1.52. The lowest BCUT2D eigenvalue weighted by Crippen LogP contribution is -2.36. The maximum Gasteiger partial charge on any atom is 0.410 e. The molecule has 1 unspecified atom stereocenters. The molecule has 1 saturated heterocycles. The summed E-state index contributed by atoms with van der Waals surface area (Å²) in [4.78, 5) is 24.2. The number of rotatable bonds is 0. The summed E-state index contributed by atoms with van der Waals surface area (Å²) < 4.78 is 10.2. The molecule has 2 heterocycles. The lowest BCUT2D eigenvalue weighted by molar-refractivity contribution is -0.138. The fourth-order valence-electron chi connectivity index (χ4n) is 1.75. The van der Waals surface area contributed by atoms with E-state index in [4.69, 9.17) is 9.47 Å². The molecule has 1 amide bonds. The number of ether oxygens (including phenoxy) is 2. The van der Waals surface area contributed by atoms with Gasteiger partial charge in [0, 0.05) is 12.6 Å². The molecule has 1 atom stereocenters. The largest absolute Gasteiger partial charge is 0.453 e. The molecule has 5 heteroatoms. The molecule has 2 aliphatic rings. The first-order valence-electron chi connectivity index (χ1n) is 5.24. The molecule has 0 aromatic rings. The first kappa shape index (κ1) is 11.0. The zero-order chi connectivity index (χ0) is 11.9. The summed E-state index contributed by atoms with van der Waals surface area (Å²) in [6.07, 6.45) is 0.827. The van der Waals surface area contributed by atoms with Crippen molar-refractivity contribution in [3.05, 3.63) is 11.6 Å². The van der Waals surface area contributed by atoms with Crippen LogP contribution >= 0.6 is 0 Å². The van der Waals surface area contributed by atoms with Gasteiger partial charge in [0.1, 0.15) is 11.7 Å². The summed E-state index contributed by atoms with van der Waals surface area (Å²) in [6, 6.07) is 0. The van der Waals surface area contributed by atoms with Crippen LogP contribution in [-0.2, 0) is 14.3 Å². The van der Waals surface area contributed by atoms with Crippen LogP contribution < -0.4 is 0 Å². The summed E-state index contributed by atoms with van der Waals surface area (Å²) >= 11 is 0. The maximum atomic E-state index is 11.7. The number of amides is 1. The molecule has 0 bridgehead atoms. The molecule has 2 aliphatic heterocycles. The van der Waals surface area contributed by atoms with Crippen LogP contribution in [0.25, 0.3) is 0 Å². The second kappa shape index (κ2) is 3.50. The van der Waals surface area contributed by atoms with E-state index in [1.54, 1.807) is 4.90 Å². The Morgan fingerprint density at radius 3 is 2.81 bits per heavy atom. The summed E-state index contributed by atoms with van der Waals surface area (Å²) in [5, 5.41) is 0. The van der Waals surface area contributed by atoms with Gasteiger partial charge in [0.05, 0.1) is 6.54 Å². The second-order valence-corrected chi connectivity index (χ2v) is 5.01. The third-order valence-electron chi connectivity index (χ3n) is 2.39. The van der Waals surface area contributed by atoms with Gasteiger partial charge in [0.15, 0.2) is 0 Å². The number of carbonyl (C=O) groups is 2. The maximum absolute atomic E-state index is 11.7. The molecule has 0 spiro atoms. The highest BCUT2D eigenvalue weighted by Crippen LogP contribution is 2.25. The summed E-state index contributed by atoms with van der Waals surface area (Å²) in [5.41, 5.74) is 0.357. The average Bonchev–Trinajstić information content (AvgIpc) is 2.56. The molecule has 16 heavy (non-hydrogen) atoms. The first-order chi connectivity index (χ1) is 7.35. The molecular formula is C11H15NO4. The van der Waals surface area contributed by atoms with Gasteiger partial charge >= 0.3 is 12.1 Å². The van der Waals surface area contributed by atoms with Crippen LogP contribution in [0, 0.1) is 0 Å². The van der Waals surface area contributed by atoms with E-state index in [1.807, 2.05) is 20.8 Å². The van der Waals surface area contributed by atoms with Crippen LogP contribution in [0.3, 0.4) is 0 Å². The molecule has 88 valence electrons. The van der Waals surface area contributed by atoms with E-state index >= 15 is 0 Å². The van der Waals surface area contributed by atoms with Crippen molar-refractivity contribution in [2.45, 2.75) is 32.5 Å². The van der Waals surface area contributed by atoms with Crippen LogP contribution in [0.15, 0.2) is 11.6 Å². The molecule has 0 aromatic heterocycles. The predicted octanol–water partition coefficient (Wildman–Crippen LogP) is 1.09. The SMILES string of the molecule is CC(C)(C)OC(=O)N1CC2=CC(=O)OC2C1. The van der Waals surface area contributed by atoms with E-state index in [-0.39, 0.29) is 18.2 Å². The van der Waals surface area contributed by atoms with E-state index < -0.39 is 5.60 Å². The number of likely N-dealkylation sites (tertiary alicyclic amines) is 1. The summed E-state index contributed by atoms with van der Waals surface area (Å²) in [5.74, 6) is -0.316. The standard InChI is InChI=1S/C11H15NO4/c1-11(2,3)16-10(14)12-5-7-4-9(13)15-8(7)6-12/h4,8H,5-6H2,1-3H3. The highest BCUT2D eigenvalue weighted by Gasteiger charge is 2.38. The summed E-state index contributed by atoms with van der Waals surface area (Å²) in [6.45, 7) is 6.28. The predicted molar refractivity (Wildman–Crippen MR) is 55.8 cm³/mol. The molecule has 0 saturated carbocycles. The van der Waals surface area contributed by atoms with Crippen molar-refractivity contribution >= 4 is 12.1 Å². The minimum Gasteiger partial charge on any atom is -0.453 e. The van der Waals surface area contributed by atoms with Gasteiger partial charge in [-0.05, 0) is 26.3 Å². The summed E-state index contributed by atoms with van der Waals surface area (Å²) in [7, 11) is 0. The number of fused-ring (bicyclic) bond motifs is 1. The van der Waals surface area contributed by atoms with E-state index in [0.717, 1.165) is 5.57 Å². The van der Waals surface area contributed by atoms with Crippen LogP contribution in [0.4, 0.5) is 4.79 Å². The van der Waals surface area contributed by atoms with Crippen molar-refractivity contribution in [1.29, 1.82) is 0 Å². The van der Waals surface area contributed by atoms with Crippen molar-refractivity contribution in [3.63, 3.8) is 0 Å². The fourth-order valence-corrected chi connectivity index (χ4v) is 1.75. The van der Waals surface area contributed by atoms with E-state index in [9.17, 15) is 9.59 Å². The molecule has 2 rings (SSSR count). The fraction of sp³-hybridized carbons (Fsp3) is 0.636. The average molecular weight is 225 g/mol. The highest BCUT2D eigenvalue weighted by molar-refractivity contribution is 5.87. The Kier molecular flexibility index (Phi) is 2.40. The lowest BCUT2D eigenvalue weighted by Gasteiger charge is -2.24. The lowest BCUT2D eigenvalue weighted by atomic mass is 10.2. The second-order valence-electron chi connectivity index (χ2n) is 5.01. The quantitative estimate of drug-likeness (QED) is 0.579. The molecule has 1 fully saturated rings. The van der Waals surface area contributed by atoms with Crippen molar-refractivity contribution in [2.24, 2.45) is 0 Å². The highest BCUT2D eigenvalue weighted by atomic mass is 16.6. The molecule has 0 aromatic carbocycles. The van der Waals surface area contributed by atoms with Crippen LogP contribution in [0.2, 0.25) is 0 Å². The molecule has 5 nitrogen and oxygen atoms in total. The number of hydrogen-bond donors (Lipinski definition) is 0. The Morgan fingerprint density at radius 1 is 1.56 bits per heavy atom. The topological polar surface area (TPSA) is 55.8 Å².